The number of ether oxygens (including phenoxy) is 1. The highest BCUT2D eigenvalue weighted by Crippen LogP contribution is 2.33. The van der Waals surface area contributed by atoms with E-state index in [1.165, 1.54) is 0 Å². The number of nitrogens with zero attached hydrogens (tertiary/aromatic N) is 1. The molecule has 0 radical (unpaired) electrons. The Morgan fingerprint density at radius 2 is 1.95 bits per heavy atom. The molecule has 1 aliphatic rings. The zero-order chi connectivity index (χ0) is 16.2. The van der Waals surface area contributed by atoms with Gasteiger partial charge in [-0.25, -0.2) is 4.79 Å². The summed E-state index contributed by atoms with van der Waals surface area (Å²) in [6.07, 6.45) is 2.08. The van der Waals surface area contributed by atoms with Gasteiger partial charge in [0.25, 0.3) is 0 Å². The van der Waals surface area contributed by atoms with Gasteiger partial charge in [-0.05, 0) is 38.7 Å². The number of carbonyl (C=O) groups is 2. The number of carbonyl (C=O) groups excluding carboxylic acids is 1. The lowest BCUT2D eigenvalue weighted by atomic mass is 9.79. The lowest BCUT2D eigenvalue weighted by Crippen LogP contribution is -2.53. The Morgan fingerprint density at radius 1 is 1.27 bits per heavy atom. The number of aliphatic carboxylic acids is 1. The van der Waals surface area contributed by atoms with Crippen molar-refractivity contribution < 1.29 is 19.4 Å². The number of likely N-dealkylation sites (tertiary alicyclic amines) is 1. The predicted octanol–water partition coefficient (Wildman–Crippen LogP) is 3.29. The second-order valence-corrected chi connectivity index (χ2v) is 6.27. The maximum Gasteiger partial charge on any atom is 0.410 e. The lowest BCUT2D eigenvalue weighted by molar-refractivity contribution is -0.151. The normalized spacial score (nSPS) is 18.8. The van der Waals surface area contributed by atoms with E-state index >= 15 is 0 Å². The van der Waals surface area contributed by atoms with E-state index in [1.54, 1.807) is 18.7 Å². The first-order valence-electron chi connectivity index (χ1n) is 7.63. The summed E-state index contributed by atoms with van der Waals surface area (Å²) >= 11 is 0. The van der Waals surface area contributed by atoms with Crippen LogP contribution >= 0.6 is 0 Å². The highest BCUT2D eigenvalue weighted by molar-refractivity contribution is 5.76. The van der Waals surface area contributed by atoms with E-state index in [2.05, 4.69) is 0 Å². The number of amides is 1. The van der Waals surface area contributed by atoms with Gasteiger partial charge in [-0.2, -0.15) is 0 Å². The van der Waals surface area contributed by atoms with Gasteiger partial charge in [0.2, 0.25) is 0 Å². The Bertz CT molecular complexity index is 527. The van der Waals surface area contributed by atoms with Crippen molar-refractivity contribution in [1.82, 2.24) is 4.90 Å². The maximum absolute atomic E-state index is 12.4. The third kappa shape index (κ3) is 3.59. The number of hydrogen-bond donors (Lipinski definition) is 1. The molecule has 120 valence electrons. The van der Waals surface area contributed by atoms with Gasteiger partial charge in [0.15, 0.2) is 0 Å². The van der Waals surface area contributed by atoms with E-state index < -0.39 is 17.5 Å². The Balaban J connectivity index is 2.04. The summed E-state index contributed by atoms with van der Waals surface area (Å²) in [5.41, 5.74) is -0.0615. The number of rotatable bonds is 4. The molecule has 0 aliphatic carbocycles. The van der Waals surface area contributed by atoms with Gasteiger partial charge in [-0.3, -0.25) is 4.79 Å². The number of benzene rings is 1. The summed E-state index contributed by atoms with van der Waals surface area (Å²) < 4.78 is 5.37. The Hall–Kier alpha value is -2.04. The third-order valence-corrected chi connectivity index (χ3v) is 4.33. The van der Waals surface area contributed by atoms with E-state index in [0.717, 1.165) is 18.4 Å². The Morgan fingerprint density at radius 3 is 2.59 bits per heavy atom. The molecule has 0 aromatic heterocycles. The first-order chi connectivity index (χ1) is 10.4. The molecule has 22 heavy (non-hydrogen) atoms. The summed E-state index contributed by atoms with van der Waals surface area (Å²) in [6, 6.07) is 9.13. The van der Waals surface area contributed by atoms with E-state index in [9.17, 15) is 14.7 Å². The molecule has 1 atom stereocenters. The summed E-state index contributed by atoms with van der Waals surface area (Å²) in [6.45, 7) is 4.09. The molecule has 5 nitrogen and oxygen atoms in total. The fourth-order valence-electron chi connectivity index (χ4n) is 2.85. The highest BCUT2D eigenvalue weighted by atomic mass is 16.6. The van der Waals surface area contributed by atoms with Crippen LogP contribution in [0.3, 0.4) is 0 Å². The molecular formula is C17H23NO4. The number of piperidine rings is 1. The quantitative estimate of drug-likeness (QED) is 0.927. The van der Waals surface area contributed by atoms with Crippen LogP contribution in [0, 0.1) is 5.41 Å². The molecule has 1 saturated heterocycles. The van der Waals surface area contributed by atoms with Crippen molar-refractivity contribution >= 4 is 12.1 Å². The van der Waals surface area contributed by atoms with Crippen LogP contribution in [0.1, 0.15) is 38.7 Å². The number of carboxylic acids is 1. The van der Waals surface area contributed by atoms with Gasteiger partial charge in [-0.1, -0.05) is 30.3 Å². The van der Waals surface area contributed by atoms with Gasteiger partial charge in [-0.15, -0.1) is 0 Å². The van der Waals surface area contributed by atoms with Crippen molar-refractivity contribution in [2.75, 3.05) is 6.54 Å². The van der Waals surface area contributed by atoms with Gasteiger partial charge in [0.05, 0.1) is 11.5 Å². The molecule has 1 aromatic carbocycles. The summed E-state index contributed by atoms with van der Waals surface area (Å²) in [4.78, 5) is 25.4. The number of hydrogen-bond acceptors (Lipinski definition) is 3. The predicted molar refractivity (Wildman–Crippen MR) is 82.4 cm³/mol. The average molecular weight is 305 g/mol. The molecule has 2 rings (SSSR count). The van der Waals surface area contributed by atoms with Crippen molar-refractivity contribution in [2.24, 2.45) is 5.41 Å². The van der Waals surface area contributed by atoms with E-state index in [4.69, 9.17) is 4.74 Å². The second-order valence-electron chi connectivity index (χ2n) is 6.27. The minimum absolute atomic E-state index is 0.205. The van der Waals surface area contributed by atoms with Gasteiger partial charge >= 0.3 is 12.1 Å². The first kappa shape index (κ1) is 16.3. The molecule has 1 N–H and O–H groups in total. The van der Waals surface area contributed by atoms with E-state index in [0.29, 0.717) is 13.0 Å². The second kappa shape index (κ2) is 6.81. The minimum Gasteiger partial charge on any atom is -0.481 e. The van der Waals surface area contributed by atoms with Crippen LogP contribution in [0.2, 0.25) is 0 Å². The SMILES string of the molecule is CC(C)(C(=O)O)C1CCCCN1C(=O)OCc1ccccc1. The molecule has 0 saturated carbocycles. The third-order valence-electron chi connectivity index (χ3n) is 4.33. The summed E-state index contributed by atoms with van der Waals surface area (Å²) in [5, 5.41) is 9.42. The van der Waals surface area contributed by atoms with E-state index in [-0.39, 0.29) is 12.6 Å². The largest absolute Gasteiger partial charge is 0.481 e. The van der Waals surface area contributed by atoms with E-state index in [1.807, 2.05) is 30.3 Å². The molecule has 1 amide bonds. The molecular weight excluding hydrogens is 282 g/mol. The molecule has 1 fully saturated rings. The molecule has 0 bridgehead atoms. The molecule has 1 aliphatic heterocycles. The first-order valence-corrected chi connectivity index (χ1v) is 7.63. The standard InChI is InChI=1S/C17H23NO4/c1-17(2,15(19)20)14-10-6-7-11-18(14)16(21)22-12-13-8-4-3-5-9-13/h3-5,8-9,14H,6-7,10-12H2,1-2H3,(H,19,20). The van der Waals surface area contributed by atoms with Crippen molar-refractivity contribution in [3.8, 4) is 0 Å². The Labute approximate surface area is 130 Å². The summed E-state index contributed by atoms with van der Waals surface area (Å²) in [7, 11) is 0. The maximum atomic E-state index is 12.4. The molecule has 1 heterocycles. The molecule has 1 aromatic rings. The zero-order valence-corrected chi connectivity index (χ0v) is 13.1. The topological polar surface area (TPSA) is 66.8 Å². The van der Waals surface area contributed by atoms with Gasteiger partial charge in [0.1, 0.15) is 6.61 Å². The number of carboxylic acid groups (broad SMARTS) is 1. The van der Waals surface area contributed by atoms with Crippen LogP contribution in [0.5, 0.6) is 0 Å². The zero-order valence-electron chi connectivity index (χ0n) is 13.1. The fourth-order valence-corrected chi connectivity index (χ4v) is 2.85. The van der Waals surface area contributed by atoms with Gasteiger partial charge in [0, 0.05) is 6.54 Å². The smallest absolute Gasteiger partial charge is 0.410 e. The monoisotopic (exact) mass is 305 g/mol. The van der Waals surface area contributed by atoms with Crippen molar-refractivity contribution in [2.45, 2.75) is 45.8 Å². The van der Waals surface area contributed by atoms with Crippen molar-refractivity contribution in [3.05, 3.63) is 35.9 Å². The summed E-state index contributed by atoms with van der Waals surface area (Å²) in [5.74, 6) is -0.889. The molecule has 5 heteroatoms. The minimum atomic E-state index is -0.980. The van der Waals surface area contributed by atoms with Crippen LogP contribution in [0.25, 0.3) is 0 Å². The van der Waals surface area contributed by atoms with Crippen LogP contribution in [-0.4, -0.2) is 34.7 Å². The fraction of sp³-hybridized carbons (Fsp3) is 0.529. The molecule has 1 unspecified atom stereocenters. The average Bonchev–Trinajstić information content (AvgIpc) is 2.53. The van der Waals surface area contributed by atoms with Crippen LogP contribution < -0.4 is 0 Å². The Kier molecular flexibility index (Phi) is 5.06. The highest BCUT2D eigenvalue weighted by Gasteiger charge is 2.43. The van der Waals surface area contributed by atoms with Crippen LogP contribution in [0.15, 0.2) is 30.3 Å². The molecule has 0 spiro atoms. The lowest BCUT2D eigenvalue weighted by Gasteiger charge is -2.42. The van der Waals surface area contributed by atoms with Crippen LogP contribution in [0.4, 0.5) is 4.79 Å². The van der Waals surface area contributed by atoms with Crippen molar-refractivity contribution in [1.29, 1.82) is 0 Å². The van der Waals surface area contributed by atoms with Crippen LogP contribution in [-0.2, 0) is 16.1 Å². The van der Waals surface area contributed by atoms with Gasteiger partial charge < -0.3 is 14.7 Å². The van der Waals surface area contributed by atoms with Crippen molar-refractivity contribution in [3.63, 3.8) is 0 Å².